The normalized spacial score (nSPS) is 10.8. The summed E-state index contributed by atoms with van der Waals surface area (Å²) >= 11 is 0. The van der Waals surface area contributed by atoms with E-state index in [9.17, 15) is 4.79 Å². The highest BCUT2D eigenvalue weighted by Gasteiger charge is 2.26. The van der Waals surface area contributed by atoms with Gasteiger partial charge in [-0.25, -0.2) is 0 Å². The van der Waals surface area contributed by atoms with Crippen molar-refractivity contribution in [2.24, 2.45) is 0 Å². The van der Waals surface area contributed by atoms with Crippen LogP contribution in [-0.4, -0.2) is 16.5 Å². The summed E-state index contributed by atoms with van der Waals surface area (Å²) in [6, 6.07) is 9.51. The number of nitrogens with zero attached hydrogens (tertiary/aromatic N) is 1. The molecular weight excluding hydrogens is 214 g/mol. The topological polar surface area (TPSA) is 29.5 Å². The maximum absolute atomic E-state index is 11.5. The highest BCUT2D eigenvalue weighted by molar-refractivity contribution is 5.73. The molecule has 0 aliphatic rings. The Morgan fingerprint density at radius 2 is 1.76 bits per heavy atom. The SMILES string of the molecule is C=C(ON(C(C)=O)C(C)(C)C)c1ccccc1. The molecule has 1 aromatic carbocycles. The first-order valence-electron chi connectivity index (χ1n) is 5.55. The van der Waals surface area contributed by atoms with Crippen LogP contribution < -0.4 is 0 Å². The van der Waals surface area contributed by atoms with Crippen molar-refractivity contribution in [2.75, 3.05) is 0 Å². The van der Waals surface area contributed by atoms with Gasteiger partial charge in [0.15, 0.2) is 5.76 Å². The molecule has 3 nitrogen and oxygen atoms in total. The zero-order valence-electron chi connectivity index (χ0n) is 10.9. The molecule has 0 aliphatic heterocycles. The Balaban J connectivity index is 2.83. The Morgan fingerprint density at radius 3 is 2.18 bits per heavy atom. The van der Waals surface area contributed by atoms with E-state index in [-0.39, 0.29) is 5.91 Å². The lowest BCUT2D eigenvalue weighted by molar-refractivity contribution is -0.181. The van der Waals surface area contributed by atoms with Crippen LogP contribution in [0.15, 0.2) is 36.9 Å². The first-order valence-corrected chi connectivity index (χ1v) is 5.55. The Morgan fingerprint density at radius 1 is 1.24 bits per heavy atom. The van der Waals surface area contributed by atoms with E-state index in [4.69, 9.17) is 4.84 Å². The molecule has 0 aromatic heterocycles. The van der Waals surface area contributed by atoms with Gasteiger partial charge < -0.3 is 4.84 Å². The van der Waals surface area contributed by atoms with Gasteiger partial charge in [0.05, 0.1) is 5.54 Å². The van der Waals surface area contributed by atoms with E-state index < -0.39 is 5.54 Å². The van der Waals surface area contributed by atoms with Gasteiger partial charge in [0.25, 0.3) is 5.91 Å². The number of carbonyl (C=O) groups is 1. The van der Waals surface area contributed by atoms with Crippen molar-refractivity contribution in [3.63, 3.8) is 0 Å². The van der Waals surface area contributed by atoms with E-state index in [0.717, 1.165) is 5.56 Å². The minimum Gasteiger partial charge on any atom is -0.376 e. The van der Waals surface area contributed by atoms with Crippen molar-refractivity contribution < 1.29 is 9.63 Å². The van der Waals surface area contributed by atoms with E-state index in [1.807, 2.05) is 51.1 Å². The molecule has 1 rings (SSSR count). The molecule has 0 aliphatic carbocycles. The summed E-state index contributed by atoms with van der Waals surface area (Å²) in [5, 5.41) is 1.34. The van der Waals surface area contributed by atoms with E-state index in [1.54, 1.807) is 0 Å². The maximum Gasteiger partial charge on any atom is 0.252 e. The molecule has 0 heterocycles. The van der Waals surface area contributed by atoms with Gasteiger partial charge in [-0.05, 0) is 20.8 Å². The van der Waals surface area contributed by atoms with E-state index >= 15 is 0 Å². The van der Waals surface area contributed by atoms with E-state index in [0.29, 0.717) is 5.76 Å². The van der Waals surface area contributed by atoms with Crippen molar-refractivity contribution in [3.05, 3.63) is 42.5 Å². The quantitative estimate of drug-likeness (QED) is 0.592. The number of benzene rings is 1. The molecule has 17 heavy (non-hydrogen) atoms. The summed E-state index contributed by atoms with van der Waals surface area (Å²) < 4.78 is 0. The summed E-state index contributed by atoms with van der Waals surface area (Å²) in [6.45, 7) is 11.0. The van der Waals surface area contributed by atoms with Gasteiger partial charge in [-0.2, -0.15) is 5.06 Å². The fourth-order valence-electron chi connectivity index (χ4n) is 1.46. The molecule has 0 fully saturated rings. The summed E-state index contributed by atoms with van der Waals surface area (Å²) in [7, 11) is 0. The van der Waals surface area contributed by atoms with Crippen molar-refractivity contribution in [3.8, 4) is 0 Å². The third-order valence-electron chi connectivity index (χ3n) is 2.19. The molecule has 0 saturated heterocycles. The van der Waals surface area contributed by atoms with E-state index in [1.165, 1.54) is 12.0 Å². The van der Waals surface area contributed by atoms with Crippen LogP contribution in [0.4, 0.5) is 0 Å². The van der Waals surface area contributed by atoms with Crippen LogP contribution in [0.2, 0.25) is 0 Å². The number of carbonyl (C=O) groups excluding carboxylic acids is 1. The molecule has 0 saturated carbocycles. The zero-order valence-corrected chi connectivity index (χ0v) is 10.9. The molecule has 0 atom stereocenters. The average molecular weight is 233 g/mol. The zero-order chi connectivity index (χ0) is 13.1. The summed E-state index contributed by atoms with van der Waals surface area (Å²) in [5.41, 5.74) is 0.465. The van der Waals surface area contributed by atoms with Gasteiger partial charge >= 0.3 is 0 Å². The molecule has 3 heteroatoms. The fourth-order valence-corrected chi connectivity index (χ4v) is 1.46. The van der Waals surface area contributed by atoms with Crippen molar-refractivity contribution in [2.45, 2.75) is 33.2 Å². The van der Waals surface area contributed by atoms with Crippen LogP contribution >= 0.6 is 0 Å². The monoisotopic (exact) mass is 233 g/mol. The molecule has 0 unspecified atom stereocenters. The third-order valence-corrected chi connectivity index (χ3v) is 2.19. The van der Waals surface area contributed by atoms with Gasteiger partial charge in [0.1, 0.15) is 0 Å². The summed E-state index contributed by atoms with van der Waals surface area (Å²) in [4.78, 5) is 17.1. The maximum atomic E-state index is 11.5. The molecule has 1 aromatic rings. The molecule has 0 spiro atoms. The summed E-state index contributed by atoms with van der Waals surface area (Å²) in [5.74, 6) is 0.324. The Kier molecular flexibility index (Phi) is 3.94. The first kappa shape index (κ1) is 13.3. The summed E-state index contributed by atoms with van der Waals surface area (Å²) in [6.07, 6.45) is 0. The van der Waals surface area contributed by atoms with Gasteiger partial charge in [-0.15, -0.1) is 0 Å². The predicted octanol–water partition coefficient (Wildman–Crippen LogP) is 3.24. The minimum atomic E-state index is -0.399. The standard InChI is InChI=1S/C14H19NO2/c1-11(13-9-7-6-8-10-13)17-15(12(2)16)14(3,4)5/h6-10H,1H2,2-5H3. The number of hydroxylamine groups is 2. The Hall–Kier alpha value is -1.77. The van der Waals surface area contributed by atoms with Crippen LogP contribution in [0.5, 0.6) is 0 Å². The fraction of sp³-hybridized carbons (Fsp3) is 0.357. The Bertz CT molecular complexity index is 404. The number of amides is 1. The average Bonchev–Trinajstić information content (AvgIpc) is 2.24. The van der Waals surface area contributed by atoms with Crippen molar-refractivity contribution >= 4 is 11.7 Å². The van der Waals surface area contributed by atoms with Gasteiger partial charge in [0, 0.05) is 12.5 Å². The second-order valence-corrected chi connectivity index (χ2v) is 4.86. The number of rotatable bonds is 3. The van der Waals surface area contributed by atoms with Crippen LogP contribution in [0.3, 0.4) is 0 Å². The molecular formula is C14H19NO2. The van der Waals surface area contributed by atoms with Gasteiger partial charge in [0.2, 0.25) is 0 Å². The third kappa shape index (κ3) is 3.63. The number of hydrogen-bond donors (Lipinski definition) is 0. The highest BCUT2D eigenvalue weighted by atomic mass is 16.7. The molecule has 0 radical (unpaired) electrons. The first-order chi connectivity index (χ1) is 7.82. The van der Waals surface area contributed by atoms with Gasteiger partial charge in [-0.1, -0.05) is 36.9 Å². The molecule has 0 N–H and O–H groups in total. The van der Waals surface area contributed by atoms with Crippen LogP contribution in [-0.2, 0) is 9.63 Å². The molecule has 1 amide bonds. The predicted molar refractivity (Wildman–Crippen MR) is 68.8 cm³/mol. The lowest BCUT2D eigenvalue weighted by atomic mass is 10.1. The smallest absolute Gasteiger partial charge is 0.252 e. The van der Waals surface area contributed by atoms with Crippen LogP contribution in [0, 0.1) is 0 Å². The molecule has 92 valence electrons. The van der Waals surface area contributed by atoms with Crippen LogP contribution in [0.1, 0.15) is 33.3 Å². The minimum absolute atomic E-state index is 0.144. The molecule has 0 bridgehead atoms. The van der Waals surface area contributed by atoms with Gasteiger partial charge in [-0.3, -0.25) is 4.79 Å². The van der Waals surface area contributed by atoms with E-state index in [2.05, 4.69) is 6.58 Å². The number of hydrogen-bond acceptors (Lipinski definition) is 2. The second-order valence-electron chi connectivity index (χ2n) is 4.86. The van der Waals surface area contributed by atoms with Crippen LogP contribution in [0.25, 0.3) is 5.76 Å². The van der Waals surface area contributed by atoms with Crippen molar-refractivity contribution in [1.29, 1.82) is 0 Å². The largest absolute Gasteiger partial charge is 0.376 e. The lowest BCUT2D eigenvalue weighted by Crippen LogP contribution is -2.43. The lowest BCUT2D eigenvalue weighted by Gasteiger charge is -2.33. The Labute approximate surface area is 103 Å². The van der Waals surface area contributed by atoms with Crippen molar-refractivity contribution in [1.82, 2.24) is 5.06 Å². The highest BCUT2D eigenvalue weighted by Crippen LogP contribution is 2.21. The second kappa shape index (κ2) is 5.04.